The molecule has 1 saturated heterocycles. The molecule has 1 aromatic carbocycles. The fraction of sp³-hybridized carbons (Fsp3) is 0.364. The number of hydrogen-bond donors (Lipinski definition) is 1. The van der Waals surface area contributed by atoms with Gasteiger partial charge in [0.15, 0.2) is 0 Å². The summed E-state index contributed by atoms with van der Waals surface area (Å²) in [5.41, 5.74) is -1.03. The Hall–Kier alpha value is -1.59. The number of rotatable bonds is 1. The molecule has 1 aliphatic heterocycles. The minimum Gasteiger partial charge on any atom is -0.355 e. The van der Waals surface area contributed by atoms with Crippen LogP contribution in [0.4, 0.5) is 17.6 Å². The Morgan fingerprint density at radius 3 is 2.53 bits per heavy atom. The van der Waals surface area contributed by atoms with Gasteiger partial charge in [0, 0.05) is 18.9 Å². The number of alkyl halides is 3. The second-order valence-electron chi connectivity index (χ2n) is 3.93. The number of amides is 1. The first-order valence-corrected chi connectivity index (χ1v) is 5.01. The Morgan fingerprint density at radius 2 is 2.00 bits per heavy atom. The summed E-state index contributed by atoms with van der Waals surface area (Å²) in [6, 6.07) is 2.55. The van der Waals surface area contributed by atoms with Crippen LogP contribution >= 0.6 is 0 Å². The van der Waals surface area contributed by atoms with Gasteiger partial charge in [-0.25, -0.2) is 4.39 Å². The SMILES string of the molecule is O=C1CC(c2ccc(F)cc2C(F)(F)F)CN1. The summed E-state index contributed by atoms with van der Waals surface area (Å²) in [5, 5.41) is 2.46. The Labute approximate surface area is 94.6 Å². The molecule has 1 fully saturated rings. The summed E-state index contributed by atoms with van der Waals surface area (Å²) in [6.07, 6.45) is -4.60. The van der Waals surface area contributed by atoms with Crippen LogP contribution in [0.3, 0.4) is 0 Å². The van der Waals surface area contributed by atoms with E-state index in [9.17, 15) is 22.4 Å². The lowest BCUT2D eigenvalue weighted by Crippen LogP contribution is -2.15. The summed E-state index contributed by atoms with van der Waals surface area (Å²) in [5.74, 6) is -1.76. The van der Waals surface area contributed by atoms with Crippen LogP contribution in [0, 0.1) is 5.82 Å². The summed E-state index contributed by atoms with van der Waals surface area (Å²) < 4.78 is 51.0. The Morgan fingerprint density at radius 1 is 1.29 bits per heavy atom. The van der Waals surface area contributed by atoms with E-state index in [1.54, 1.807) is 0 Å². The molecular weight excluding hydrogens is 238 g/mol. The summed E-state index contributed by atoms with van der Waals surface area (Å²) in [6.45, 7) is 0.160. The standard InChI is InChI=1S/C11H9F4NO/c12-7-1-2-8(6-3-10(17)16-5-6)9(4-7)11(13,14)15/h1-2,4,6H,3,5H2,(H,16,17). The zero-order valence-corrected chi connectivity index (χ0v) is 8.64. The van der Waals surface area contributed by atoms with Gasteiger partial charge in [0.05, 0.1) is 5.56 Å². The number of carbonyl (C=O) groups is 1. The van der Waals surface area contributed by atoms with Gasteiger partial charge in [0.2, 0.25) is 5.91 Å². The predicted molar refractivity (Wildman–Crippen MR) is 51.8 cm³/mol. The van der Waals surface area contributed by atoms with Crippen molar-refractivity contribution in [2.45, 2.75) is 18.5 Å². The van der Waals surface area contributed by atoms with Crippen molar-refractivity contribution in [3.8, 4) is 0 Å². The van der Waals surface area contributed by atoms with E-state index in [4.69, 9.17) is 0 Å². The molecule has 1 heterocycles. The van der Waals surface area contributed by atoms with Crippen LogP contribution in [-0.4, -0.2) is 12.5 Å². The van der Waals surface area contributed by atoms with E-state index in [0.29, 0.717) is 6.07 Å². The van der Waals surface area contributed by atoms with Crippen molar-refractivity contribution >= 4 is 5.91 Å². The summed E-state index contributed by atoms with van der Waals surface area (Å²) in [7, 11) is 0. The van der Waals surface area contributed by atoms with Gasteiger partial charge < -0.3 is 5.32 Å². The van der Waals surface area contributed by atoms with E-state index in [1.165, 1.54) is 0 Å². The molecule has 0 radical (unpaired) electrons. The second-order valence-corrected chi connectivity index (χ2v) is 3.93. The quantitative estimate of drug-likeness (QED) is 0.759. The molecule has 17 heavy (non-hydrogen) atoms. The molecule has 0 bridgehead atoms. The van der Waals surface area contributed by atoms with Crippen LogP contribution in [0.25, 0.3) is 0 Å². The molecule has 1 aliphatic rings. The highest BCUT2D eigenvalue weighted by Gasteiger charge is 2.37. The molecule has 0 aliphatic carbocycles. The largest absolute Gasteiger partial charge is 0.416 e. The monoisotopic (exact) mass is 247 g/mol. The fourth-order valence-electron chi connectivity index (χ4n) is 1.96. The summed E-state index contributed by atoms with van der Waals surface area (Å²) in [4.78, 5) is 11.0. The number of halogens is 4. The van der Waals surface area contributed by atoms with Crippen LogP contribution in [0.15, 0.2) is 18.2 Å². The first-order valence-electron chi connectivity index (χ1n) is 5.01. The predicted octanol–water partition coefficient (Wildman–Crippen LogP) is 2.45. The number of nitrogens with one attached hydrogen (secondary N) is 1. The van der Waals surface area contributed by atoms with Gasteiger partial charge in [-0.1, -0.05) is 6.07 Å². The first kappa shape index (κ1) is 11.9. The molecule has 1 amide bonds. The average molecular weight is 247 g/mol. The van der Waals surface area contributed by atoms with Gasteiger partial charge in [-0.2, -0.15) is 13.2 Å². The third-order valence-corrected chi connectivity index (χ3v) is 2.74. The van der Waals surface area contributed by atoms with E-state index in [-0.39, 0.29) is 24.4 Å². The molecule has 0 spiro atoms. The normalized spacial score (nSPS) is 20.5. The fourth-order valence-corrected chi connectivity index (χ4v) is 1.96. The van der Waals surface area contributed by atoms with Crippen molar-refractivity contribution in [2.75, 3.05) is 6.54 Å². The minimum atomic E-state index is -4.61. The van der Waals surface area contributed by atoms with Gasteiger partial charge in [-0.15, -0.1) is 0 Å². The average Bonchev–Trinajstić information content (AvgIpc) is 2.63. The maximum Gasteiger partial charge on any atom is 0.416 e. The molecule has 1 aromatic rings. The molecule has 1 atom stereocenters. The van der Waals surface area contributed by atoms with E-state index in [0.717, 1.165) is 12.1 Å². The smallest absolute Gasteiger partial charge is 0.355 e. The van der Waals surface area contributed by atoms with E-state index in [2.05, 4.69) is 5.32 Å². The third kappa shape index (κ3) is 2.40. The maximum absolute atomic E-state index is 12.9. The van der Waals surface area contributed by atoms with Crippen molar-refractivity contribution < 1.29 is 22.4 Å². The molecule has 1 N–H and O–H groups in total. The highest BCUT2D eigenvalue weighted by molar-refractivity contribution is 5.79. The van der Waals surface area contributed by atoms with Gasteiger partial charge in [-0.3, -0.25) is 4.79 Å². The molecule has 0 saturated carbocycles. The van der Waals surface area contributed by atoms with Gasteiger partial charge in [-0.05, 0) is 17.7 Å². The minimum absolute atomic E-state index is 0.00864. The zero-order chi connectivity index (χ0) is 12.6. The molecule has 0 aromatic heterocycles. The number of hydrogen-bond acceptors (Lipinski definition) is 1. The van der Waals surface area contributed by atoms with E-state index < -0.39 is 23.5 Å². The maximum atomic E-state index is 12.9. The molecule has 2 nitrogen and oxygen atoms in total. The number of benzene rings is 1. The van der Waals surface area contributed by atoms with Crippen molar-refractivity contribution in [1.82, 2.24) is 5.32 Å². The second kappa shape index (κ2) is 4.01. The highest BCUT2D eigenvalue weighted by Crippen LogP contribution is 2.37. The van der Waals surface area contributed by atoms with Crippen LogP contribution < -0.4 is 5.32 Å². The lowest BCUT2D eigenvalue weighted by Gasteiger charge is -2.16. The van der Waals surface area contributed by atoms with E-state index >= 15 is 0 Å². The van der Waals surface area contributed by atoms with Crippen molar-refractivity contribution in [3.05, 3.63) is 35.1 Å². The Bertz CT molecular complexity index is 455. The van der Waals surface area contributed by atoms with Crippen LogP contribution in [0.2, 0.25) is 0 Å². The van der Waals surface area contributed by atoms with E-state index in [1.807, 2.05) is 0 Å². The highest BCUT2D eigenvalue weighted by atomic mass is 19.4. The lowest BCUT2D eigenvalue weighted by atomic mass is 9.93. The Balaban J connectivity index is 2.43. The third-order valence-electron chi connectivity index (χ3n) is 2.74. The zero-order valence-electron chi connectivity index (χ0n) is 8.64. The van der Waals surface area contributed by atoms with Crippen molar-refractivity contribution in [2.24, 2.45) is 0 Å². The van der Waals surface area contributed by atoms with Crippen LogP contribution in [0.1, 0.15) is 23.5 Å². The van der Waals surface area contributed by atoms with Gasteiger partial charge >= 0.3 is 6.18 Å². The van der Waals surface area contributed by atoms with Crippen LogP contribution in [0.5, 0.6) is 0 Å². The Kier molecular flexibility index (Phi) is 2.81. The van der Waals surface area contributed by atoms with Crippen molar-refractivity contribution in [3.63, 3.8) is 0 Å². The number of carbonyl (C=O) groups excluding carboxylic acids is 1. The van der Waals surface area contributed by atoms with Gasteiger partial charge in [0.1, 0.15) is 5.82 Å². The summed E-state index contributed by atoms with van der Waals surface area (Å²) >= 11 is 0. The van der Waals surface area contributed by atoms with Crippen LogP contribution in [-0.2, 0) is 11.0 Å². The molecular formula is C11H9F4NO. The lowest BCUT2D eigenvalue weighted by molar-refractivity contribution is -0.138. The molecule has 92 valence electrons. The first-order chi connectivity index (χ1) is 7.88. The molecule has 2 rings (SSSR count). The van der Waals surface area contributed by atoms with Gasteiger partial charge in [0.25, 0.3) is 0 Å². The molecule has 1 unspecified atom stereocenters. The topological polar surface area (TPSA) is 29.1 Å². The van der Waals surface area contributed by atoms with Crippen molar-refractivity contribution in [1.29, 1.82) is 0 Å². The molecule has 6 heteroatoms.